The van der Waals surface area contributed by atoms with Crippen molar-refractivity contribution in [1.29, 1.82) is 0 Å². The predicted octanol–water partition coefficient (Wildman–Crippen LogP) is 3.38. The zero-order valence-electron chi connectivity index (χ0n) is 21.5. The van der Waals surface area contributed by atoms with Crippen LogP contribution in [0.15, 0.2) is 86.0 Å². The van der Waals surface area contributed by atoms with Crippen LogP contribution < -0.4 is 10.6 Å². The van der Waals surface area contributed by atoms with Crippen molar-refractivity contribution >= 4 is 17.8 Å². The number of esters is 1. The molecule has 0 heterocycles. The van der Waals surface area contributed by atoms with Gasteiger partial charge in [-0.3, -0.25) is 14.4 Å². The molecule has 0 radical (unpaired) electrons. The van der Waals surface area contributed by atoms with Gasteiger partial charge in [0.05, 0.1) is 18.6 Å². The van der Waals surface area contributed by atoms with Crippen molar-refractivity contribution in [2.24, 2.45) is 11.8 Å². The van der Waals surface area contributed by atoms with E-state index in [-0.39, 0.29) is 25.6 Å². The van der Waals surface area contributed by atoms with Gasteiger partial charge < -0.3 is 20.5 Å². The van der Waals surface area contributed by atoms with Crippen molar-refractivity contribution in [3.05, 3.63) is 97.1 Å². The highest BCUT2D eigenvalue weighted by Gasteiger charge is 2.29. The Morgan fingerprint density at radius 3 is 1.95 bits per heavy atom. The Morgan fingerprint density at radius 1 is 0.865 bits per heavy atom. The van der Waals surface area contributed by atoms with Crippen molar-refractivity contribution in [3.63, 3.8) is 0 Å². The molecule has 0 saturated carbocycles. The Hall–Kier alpha value is -3.71. The monoisotopic (exact) mass is 506 g/mol. The summed E-state index contributed by atoms with van der Waals surface area (Å²) in [4.78, 5) is 38.8. The summed E-state index contributed by atoms with van der Waals surface area (Å²) >= 11 is 0. The molecule has 7 nitrogen and oxygen atoms in total. The first-order chi connectivity index (χ1) is 17.9. The number of hydrogen-bond acceptors (Lipinski definition) is 5. The quantitative estimate of drug-likeness (QED) is 0.184. The molecule has 0 spiro atoms. The summed E-state index contributed by atoms with van der Waals surface area (Å²) in [6.45, 7) is 8.79. The second kappa shape index (κ2) is 16.1. The Morgan fingerprint density at radius 2 is 1.41 bits per heavy atom. The maximum Gasteiger partial charge on any atom is 0.309 e. The molecule has 0 aliphatic carbocycles. The Balaban J connectivity index is 2.13. The number of carbonyl (C=O) groups excluding carboxylic acids is 3. The van der Waals surface area contributed by atoms with E-state index in [0.29, 0.717) is 19.3 Å². The number of hydrogen-bond donors (Lipinski definition) is 3. The zero-order valence-corrected chi connectivity index (χ0v) is 21.5. The zero-order chi connectivity index (χ0) is 27.0. The lowest BCUT2D eigenvalue weighted by Gasteiger charge is -2.24. The van der Waals surface area contributed by atoms with Gasteiger partial charge in [-0.15, -0.1) is 13.2 Å². The van der Waals surface area contributed by atoms with E-state index in [1.807, 2.05) is 60.7 Å². The molecular formula is C30H38N2O5. The average molecular weight is 507 g/mol. The lowest BCUT2D eigenvalue weighted by atomic mass is 9.96. The van der Waals surface area contributed by atoms with Gasteiger partial charge in [-0.2, -0.15) is 0 Å². The summed E-state index contributed by atoms with van der Waals surface area (Å²) in [7, 11) is 0. The smallest absolute Gasteiger partial charge is 0.309 e. The maximum absolute atomic E-state index is 13.1. The van der Waals surface area contributed by atoms with Gasteiger partial charge in [-0.25, -0.2) is 0 Å². The number of allylic oxidation sites excluding steroid dienone is 2. The highest BCUT2D eigenvalue weighted by atomic mass is 16.5. The summed E-state index contributed by atoms with van der Waals surface area (Å²) in [5, 5.41) is 14.8. The van der Waals surface area contributed by atoms with Gasteiger partial charge >= 0.3 is 5.97 Å². The molecule has 37 heavy (non-hydrogen) atoms. The van der Waals surface area contributed by atoms with Crippen LogP contribution in [0.1, 0.15) is 30.9 Å². The normalized spacial score (nSPS) is 13.9. The van der Waals surface area contributed by atoms with Crippen molar-refractivity contribution in [3.8, 4) is 0 Å². The number of rotatable bonds is 16. The van der Waals surface area contributed by atoms with E-state index >= 15 is 0 Å². The highest BCUT2D eigenvalue weighted by molar-refractivity contribution is 6.00. The summed E-state index contributed by atoms with van der Waals surface area (Å²) in [5.74, 6) is -2.78. The molecule has 7 heteroatoms. The van der Waals surface area contributed by atoms with Crippen LogP contribution in [0.3, 0.4) is 0 Å². The van der Waals surface area contributed by atoms with E-state index in [2.05, 4.69) is 23.8 Å². The Labute approximate surface area is 219 Å². The van der Waals surface area contributed by atoms with Gasteiger partial charge in [0.15, 0.2) is 0 Å². The minimum absolute atomic E-state index is 0.0443. The first-order valence-electron chi connectivity index (χ1n) is 12.6. The molecule has 1 unspecified atom stereocenters. The Bertz CT molecular complexity index is 1010. The molecule has 2 amide bonds. The molecular weight excluding hydrogens is 468 g/mol. The number of amides is 2. The SMILES string of the molecule is C=CCC(C(=O)N[C@H](COC(=O)[C@@H](CC=C)Cc1ccccc1)Cc1ccccc1)C(=O)N[C@@H](C)CO. The van der Waals surface area contributed by atoms with Crippen LogP contribution in [-0.4, -0.2) is 48.2 Å². The van der Waals surface area contributed by atoms with Crippen molar-refractivity contribution in [2.45, 2.75) is 44.7 Å². The predicted molar refractivity (Wildman–Crippen MR) is 144 cm³/mol. The lowest BCUT2D eigenvalue weighted by molar-refractivity contribution is -0.150. The number of nitrogens with one attached hydrogen (secondary N) is 2. The van der Waals surface area contributed by atoms with E-state index in [0.717, 1.165) is 11.1 Å². The van der Waals surface area contributed by atoms with Gasteiger partial charge in [-0.1, -0.05) is 72.8 Å². The third-order valence-corrected chi connectivity index (χ3v) is 5.91. The maximum atomic E-state index is 13.1. The average Bonchev–Trinajstić information content (AvgIpc) is 2.90. The molecule has 3 N–H and O–H groups in total. The molecule has 0 aliphatic rings. The van der Waals surface area contributed by atoms with Crippen molar-refractivity contribution in [1.82, 2.24) is 10.6 Å². The van der Waals surface area contributed by atoms with Gasteiger partial charge in [0, 0.05) is 6.04 Å². The first-order valence-corrected chi connectivity index (χ1v) is 12.6. The van der Waals surface area contributed by atoms with Crippen LogP contribution in [0.4, 0.5) is 0 Å². The lowest BCUT2D eigenvalue weighted by Crippen LogP contribution is -2.49. The van der Waals surface area contributed by atoms with Gasteiger partial charge in [-0.05, 0) is 43.7 Å². The standard InChI is InChI=1S/C30H38N2O5/c1-4-12-25(18-23-14-8-6-9-15-23)30(36)37-21-26(19-24-16-10-7-11-17-24)32-29(35)27(13-5-2)28(34)31-22(3)20-33/h4-11,14-17,22,25-27,33H,1-2,12-13,18-21H2,3H3,(H,31,34)(H,32,35)/t22-,25-,26-,27?/m0/s1. The third kappa shape index (κ3) is 10.4. The number of carbonyl (C=O) groups is 3. The fourth-order valence-corrected chi connectivity index (χ4v) is 3.90. The summed E-state index contributed by atoms with van der Waals surface area (Å²) < 4.78 is 5.69. The van der Waals surface area contributed by atoms with Crippen LogP contribution >= 0.6 is 0 Å². The Kier molecular flexibility index (Phi) is 12.9. The third-order valence-electron chi connectivity index (χ3n) is 5.91. The van der Waals surface area contributed by atoms with E-state index in [1.165, 1.54) is 6.08 Å². The van der Waals surface area contributed by atoms with Crippen LogP contribution in [0.25, 0.3) is 0 Å². The van der Waals surface area contributed by atoms with Gasteiger partial charge in [0.2, 0.25) is 11.8 Å². The molecule has 198 valence electrons. The first kappa shape index (κ1) is 29.5. The fourth-order valence-electron chi connectivity index (χ4n) is 3.90. The molecule has 0 aliphatic heterocycles. The molecule has 2 aromatic rings. The van der Waals surface area contributed by atoms with E-state index in [1.54, 1.807) is 13.0 Å². The van der Waals surface area contributed by atoms with Crippen molar-refractivity contribution < 1.29 is 24.2 Å². The summed E-state index contributed by atoms with van der Waals surface area (Å²) in [6.07, 6.45) is 4.74. The van der Waals surface area contributed by atoms with Crippen LogP contribution in [-0.2, 0) is 32.0 Å². The van der Waals surface area contributed by atoms with E-state index in [9.17, 15) is 19.5 Å². The number of aliphatic hydroxyl groups is 1. The minimum Gasteiger partial charge on any atom is -0.463 e. The van der Waals surface area contributed by atoms with Gasteiger partial charge in [0.1, 0.15) is 12.5 Å². The van der Waals surface area contributed by atoms with Gasteiger partial charge in [0.25, 0.3) is 0 Å². The molecule has 0 fully saturated rings. The molecule has 2 aromatic carbocycles. The molecule has 2 rings (SSSR count). The summed E-state index contributed by atoms with van der Waals surface area (Å²) in [5.41, 5.74) is 1.98. The van der Waals surface area contributed by atoms with Crippen LogP contribution in [0, 0.1) is 11.8 Å². The summed E-state index contributed by atoms with van der Waals surface area (Å²) in [6, 6.07) is 18.2. The topological polar surface area (TPSA) is 105 Å². The van der Waals surface area contributed by atoms with E-state index in [4.69, 9.17) is 4.74 Å². The molecule has 4 atom stereocenters. The fraction of sp³-hybridized carbons (Fsp3) is 0.367. The minimum atomic E-state index is -1.02. The van der Waals surface area contributed by atoms with Crippen LogP contribution in [0.5, 0.6) is 0 Å². The largest absolute Gasteiger partial charge is 0.463 e. The second-order valence-corrected chi connectivity index (χ2v) is 9.11. The number of aliphatic hydroxyl groups excluding tert-OH is 1. The molecule has 0 aromatic heterocycles. The molecule has 0 saturated heterocycles. The van der Waals surface area contributed by atoms with Crippen molar-refractivity contribution in [2.75, 3.05) is 13.2 Å². The highest BCUT2D eigenvalue weighted by Crippen LogP contribution is 2.16. The number of ether oxygens (including phenoxy) is 1. The van der Waals surface area contributed by atoms with Crippen LogP contribution in [0.2, 0.25) is 0 Å². The van der Waals surface area contributed by atoms with E-state index < -0.39 is 35.7 Å². The second-order valence-electron chi connectivity index (χ2n) is 9.11. The molecule has 0 bridgehead atoms. The number of benzene rings is 2.